The molecule has 1 aliphatic rings. The van der Waals surface area contributed by atoms with Crippen LogP contribution in [0.25, 0.3) is 5.69 Å². The first-order chi connectivity index (χ1) is 14.6. The molecular weight excluding hydrogens is 433 g/mol. The Kier molecular flexibility index (Phi) is 5.31. The number of alkyl halides is 3. The Hall–Kier alpha value is -3.18. The van der Waals surface area contributed by atoms with E-state index in [1.54, 1.807) is 6.07 Å². The number of anilines is 1. The smallest absolute Gasteiger partial charge is 0.321 e. The number of aromatic nitrogens is 2. The number of halogens is 3. The molecule has 0 unspecified atom stereocenters. The van der Waals surface area contributed by atoms with Crippen molar-refractivity contribution in [1.29, 1.82) is 0 Å². The van der Waals surface area contributed by atoms with Crippen LogP contribution in [0.2, 0.25) is 0 Å². The number of nitrogens with zero attached hydrogens (tertiary/aromatic N) is 2. The van der Waals surface area contributed by atoms with Crippen LogP contribution >= 0.6 is 0 Å². The van der Waals surface area contributed by atoms with Crippen molar-refractivity contribution in [2.24, 2.45) is 0 Å². The third kappa shape index (κ3) is 4.78. The number of sulfonamides is 1. The highest BCUT2D eigenvalue weighted by molar-refractivity contribution is 7.89. The number of benzene rings is 2. The van der Waals surface area contributed by atoms with Crippen LogP contribution in [0.3, 0.4) is 0 Å². The quantitative estimate of drug-likeness (QED) is 0.600. The summed E-state index contributed by atoms with van der Waals surface area (Å²) in [6.45, 7) is 0. The molecule has 0 aliphatic heterocycles. The van der Waals surface area contributed by atoms with E-state index in [2.05, 4.69) is 15.1 Å². The molecule has 1 aliphatic carbocycles. The minimum Gasteiger partial charge on any atom is -0.321 e. The van der Waals surface area contributed by atoms with Gasteiger partial charge in [-0.05, 0) is 55.3 Å². The van der Waals surface area contributed by atoms with Crippen molar-refractivity contribution in [2.75, 3.05) is 5.32 Å². The van der Waals surface area contributed by atoms with Crippen molar-refractivity contribution >= 4 is 21.6 Å². The summed E-state index contributed by atoms with van der Waals surface area (Å²) >= 11 is 0. The fourth-order valence-electron chi connectivity index (χ4n) is 2.93. The average molecular weight is 450 g/mol. The largest absolute Gasteiger partial charge is 0.418 e. The zero-order chi connectivity index (χ0) is 22.2. The summed E-state index contributed by atoms with van der Waals surface area (Å²) in [5.74, 6) is -0.860. The lowest BCUT2D eigenvalue weighted by molar-refractivity contribution is -0.136. The molecule has 1 amide bonds. The Morgan fingerprint density at radius 3 is 2.52 bits per heavy atom. The van der Waals surface area contributed by atoms with Gasteiger partial charge in [-0.15, -0.1) is 0 Å². The van der Waals surface area contributed by atoms with Crippen LogP contribution in [0.15, 0.2) is 65.8 Å². The van der Waals surface area contributed by atoms with E-state index < -0.39 is 33.4 Å². The van der Waals surface area contributed by atoms with E-state index in [1.165, 1.54) is 41.3 Å². The molecule has 2 aromatic carbocycles. The van der Waals surface area contributed by atoms with Gasteiger partial charge >= 0.3 is 6.18 Å². The molecule has 7 nitrogen and oxygen atoms in total. The van der Waals surface area contributed by atoms with E-state index in [1.807, 2.05) is 0 Å². The SMILES string of the molecule is O=C(Nc1ccc(-n2cccn2)cc1C(F)(F)F)c1cccc(S(=O)(=O)NC2CC2)c1. The zero-order valence-electron chi connectivity index (χ0n) is 15.9. The molecule has 11 heteroatoms. The molecule has 0 atom stereocenters. The van der Waals surface area contributed by atoms with E-state index in [4.69, 9.17) is 0 Å². The van der Waals surface area contributed by atoms with Gasteiger partial charge in [0.05, 0.1) is 21.8 Å². The Morgan fingerprint density at radius 1 is 1.10 bits per heavy atom. The van der Waals surface area contributed by atoms with Crippen LogP contribution in [-0.2, 0) is 16.2 Å². The molecule has 31 heavy (non-hydrogen) atoms. The fourth-order valence-corrected chi connectivity index (χ4v) is 4.28. The first kappa shape index (κ1) is 21.1. The van der Waals surface area contributed by atoms with Crippen LogP contribution in [0.1, 0.15) is 28.8 Å². The summed E-state index contributed by atoms with van der Waals surface area (Å²) < 4.78 is 69.3. The highest BCUT2D eigenvalue weighted by atomic mass is 32.2. The second-order valence-corrected chi connectivity index (χ2v) is 8.77. The lowest BCUT2D eigenvalue weighted by Crippen LogP contribution is -2.26. The Balaban J connectivity index is 1.62. The molecule has 3 aromatic rings. The normalized spacial score (nSPS) is 14.4. The molecule has 0 radical (unpaired) electrons. The van der Waals surface area contributed by atoms with Crippen molar-refractivity contribution in [1.82, 2.24) is 14.5 Å². The molecule has 0 saturated heterocycles. The van der Waals surface area contributed by atoms with Crippen LogP contribution in [0.5, 0.6) is 0 Å². The maximum Gasteiger partial charge on any atom is 0.418 e. The maximum absolute atomic E-state index is 13.6. The monoisotopic (exact) mass is 450 g/mol. The van der Waals surface area contributed by atoms with Crippen LogP contribution in [0, 0.1) is 0 Å². The number of hydrogen-bond acceptors (Lipinski definition) is 4. The van der Waals surface area contributed by atoms with Gasteiger partial charge in [0.25, 0.3) is 5.91 Å². The Bertz CT molecular complexity index is 1220. The maximum atomic E-state index is 13.6. The van der Waals surface area contributed by atoms with Gasteiger partial charge in [-0.25, -0.2) is 17.8 Å². The second kappa shape index (κ2) is 7.82. The van der Waals surface area contributed by atoms with Crippen molar-refractivity contribution in [3.8, 4) is 5.69 Å². The highest BCUT2D eigenvalue weighted by Gasteiger charge is 2.35. The summed E-state index contributed by atoms with van der Waals surface area (Å²) in [4.78, 5) is 12.5. The van der Waals surface area contributed by atoms with E-state index in [-0.39, 0.29) is 22.2 Å². The zero-order valence-corrected chi connectivity index (χ0v) is 16.7. The second-order valence-electron chi connectivity index (χ2n) is 7.06. The summed E-state index contributed by atoms with van der Waals surface area (Å²) in [5, 5.41) is 6.14. The van der Waals surface area contributed by atoms with Gasteiger partial charge in [0.15, 0.2) is 0 Å². The predicted molar refractivity (Wildman–Crippen MR) is 106 cm³/mol. The molecule has 1 saturated carbocycles. The summed E-state index contributed by atoms with van der Waals surface area (Å²) in [6.07, 6.45) is -0.315. The van der Waals surface area contributed by atoms with Gasteiger partial charge < -0.3 is 5.32 Å². The number of nitrogens with one attached hydrogen (secondary N) is 2. The third-order valence-electron chi connectivity index (χ3n) is 4.63. The summed E-state index contributed by atoms with van der Waals surface area (Å²) in [6, 6.07) is 9.99. The van der Waals surface area contributed by atoms with Crippen molar-refractivity contribution in [3.05, 3.63) is 72.1 Å². The molecule has 1 aromatic heterocycles. The Morgan fingerprint density at radius 2 is 1.87 bits per heavy atom. The van der Waals surface area contributed by atoms with Gasteiger partial charge in [-0.3, -0.25) is 4.79 Å². The van der Waals surface area contributed by atoms with Crippen LogP contribution < -0.4 is 10.0 Å². The van der Waals surface area contributed by atoms with Gasteiger partial charge in [0.2, 0.25) is 10.0 Å². The first-order valence-electron chi connectivity index (χ1n) is 9.28. The molecule has 2 N–H and O–H groups in total. The summed E-state index contributed by atoms with van der Waals surface area (Å²) in [7, 11) is -3.81. The average Bonchev–Trinajstić information content (AvgIpc) is 3.35. The van der Waals surface area contributed by atoms with E-state index in [0.717, 1.165) is 31.0 Å². The van der Waals surface area contributed by atoms with Gasteiger partial charge in [0.1, 0.15) is 0 Å². The lowest BCUT2D eigenvalue weighted by Gasteiger charge is -2.16. The standard InChI is InChI=1S/C20H17F3N4O3S/c21-20(22,23)17-12-15(27-10-2-9-24-27)7-8-18(17)25-19(28)13-3-1-4-16(11-13)31(29,30)26-14-5-6-14/h1-4,7-12,14,26H,5-6H2,(H,25,28). The van der Waals surface area contributed by atoms with Crippen LogP contribution in [0.4, 0.5) is 18.9 Å². The molecular formula is C20H17F3N4O3S. The predicted octanol–water partition coefficient (Wildman–Crippen LogP) is 3.58. The van der Waals surface area contributed by atoms with Gasteiger partial charge in [0, 0.05) is 24.0 Å². The molecule has 1 heterocycles. The minimum atomic E-state index is -4.73. The molecule has 4 rings (SSSR count). The highest BCUT2D eigenvalue weighted by Crippen LogP contribution is 2.36. The van der Waals surface area contributed by atoms with Crippen molar-refractivity contribution in [3.63, 3.8) is 0 Å². The molecule has 0 bridgehead atoms. The van der Waals surface area contributed by atoms with E-state index in [9.17, 15) is 26.4 Å². The topological polar surface area (TPSA) is 93.1 Å². The Labute approximate surface area is 175 Å². The van der Waals surface area contributed by atoms with E-state index in [0.29, 0.717) is 0 Å². The number of amides is 1. The lowest BCUT2D eigenvalue weighted by atomic mass is 10.1. The fraction of sp³-hybridized carbons (Fsp3) is 0.200. The van der Waals surface area contributed by atoms with Crippen molar-refractivity contribution < 1.29 is 26.4 Å². The minimum absolute atomic E-state index is 0.0806. The molecule has 1 fully saturated rings. The van der Waals surface area contributed by atoms with E-state index >= 15 is 0 Å². The number of hydrogen-bond donors (Lipinski definition) is 2. The third-order valence-corrected chi connectivity index (χ3v) is 6.15. The van der Waals surface area contributed by atoms with Gasteiger partial charge in [-0.2, -0.15) is 18.3 Å². The number of carbonyl (C=O) groups excluding carboxylic acids is 1. The summed E-state index contributed by atoms with van der Waals surface area (Å²) in [5.41, 5.74) is -1.40. The van der Waals surface area contributed by atoms with Crippen LogP contribution in [-0.4, -0.2) is 30.1 Å². The number of rotatable bonds is 6. The van der Waals surface area contributed by atoms with Gasteiger partial charge in [-0.1, -0.05) is 6.07 Å². The van der Waals surface area contributed by atoms with Crippen molar-refractivity contribution in [2.45, 2.75) is 30.0 Å². The first-order valence-corrected chi connectivity index (χ1v) is 10.8. The molecule has 162 valence electrons. The molecule has 0 spiro atoms. The number of carbonyl (C=O) groups is 1.